The average Bonchev–Trinajstić information content (AvgIpc) is 2.49. The van der Waals surface area contributed by atoms with Crippen LogP contribution in [0.4, 0.5) is 5.69 Å². The van der Waals surface area contributed by atoms with Crippen LogP contribution in [-0.2, 0) is 0 Å². The van der Waals surface area contributed by atoms with Crippen LogP contribution in [0.25, 0.3) is 0 Å². The fourth-order valence-corrected chi connectivity index (χ4v) is 2.44. The van der Waals surface area contributed by atoms with Gasteiger partial charge in [-0.2, -0.15) is 0 Å². The molecule has 1 atom stereocenters. The number of nitrogens with zero attached hydrogens (tertiary/aromatic N) is 2. The van der Waals surface area contributed by atoms with Crippen molar-refractivity contribution in [1.82, 2.24) is 10.3 Å². The number of aromatic nitrogens is 1. The first-order valence-electron chi connectivity index (χ1n) is 7.44. The Labute approximate surface area is 116 Å². The highest BCUT2D eigenvalue weighted by Gasteiger charge is 2.11. The van der Waals surface area contributed by atoms with Crippen molar-refractivity contribution in [3.63, 3.8) is 0 Å². The quantitative estimate of drug-likeness (QED) is 0.795. The van der Waals surface area contributed by atoms with Crippen molar-refractivity contribution in [3.8, 4) is 0 Å². The van der Waals surface area contributed by atoms with Crippen LogP contribution in [0.15, 0.2) is 30.5 Å². The Morgan fingerprint density at radius 3 is 2.79 bits per heavy atom. The number of anilines is 1. The molecule has 1 unspecified atom stereocenters. The highest BCUT2D eigenvalue weighted by atomic mass is 15.1. The lowest BCUT2D eigenvalue weighted by Gasteiger charge is -2.25. The molecule has 1 aliphatic heterocycles. The molecule has 1 N–H and O–H groups in total. The van der Waals surface area contributed by atoms with E-state index in [4.69, 9.17) is 0 Å². The van der Waals surface area contributed by atoms with Crippen LogP contribution in [0, 0.1) is 0 Å². The molecule has 19 heavy (non-hydrogen) atoms. The van der Waals surface area contributed by atoms with Gasteiger partial charge in [-0.25, -0.2) is 0 Å². The molecule has 104 valence electrons. The van der Waals surface area contributed by atoms with E-state index in [1.54, 1.807) is 0 Å². The van der Waals surface area contributed by atoms with E-state index in [1.165, 1.54) is 5.69 Å². The average molecular weight is 259 g/mol. The molecule has 0 fully saturated rings. The summed E-state index contributed by atoms with van der Waals surface area (Å²) < 4.78 is 0. The second kappa shape index (κ2) is 7.29. The maximum Gasteiger partial charge on any atom is 0.0574 e. The Morgan fingerprint density at radius 2 is 2.21 bits per heavy atom. The summed E-state index contributed by atoms with van der Waals surface area (Å²) in [5.74, 6) is 0. The maximum absolute atomic E-state index is 4.65. The monoisotopic (exact) mass is 259 g/mol. The summed E-state index contributed by atoms with van der Waals surface area (Å²) in [4.78, 5) is 7.02. The van der Waals surface area contributed by atoms with Crippen LogP contribution in [0.5, 0.6) is 0 Å². The zero-order chi connectivity index (χ0) is 13.5. The lowest BCUT2D eigenvalue weighted by atomic mass is 10.1. The smallest absolute Gasteiger partial charge is 0.0574 e. The van der Waals surface area contributed by atoms with E-state index in [0.717, 1.165) is 44.6 Å². The second-order valence-corrected chi connectivity index (χ2v) is 5.06. The number of hydrogen-bond acceptors (Lipinski definition) is 3. The van der Waals surface area contributed by atoms with Crippen molar-refractivity contribution < 1.29 is 0 Å². The largest absolute Gasteiger partial charge is 0.366 e. The molecule has 1 aromatic heterocycles. The molecule has 0 saturated carbocycles. The molecule has 0 bridgehead atoms. The van der Waals surface area contributed by atoms with Crippen LogP contribution < -0.4 is 10.2 Å². The molecule has 3 heteroatoms. The Bertz CT molecular complexity index is 397. The van der Waals surface area contributed by atoms with Crippen molar-refractivity contribution in [3.05, 3.63) is 36.2 Å². The van der Waals surface area contributed by atoms with Gasteiger partial charge < -0.3 is 10.2 Å². The number of hydrogen-bond donors (Lipinski definition) is 1. The first-order valence-corrected chi connectivity index (χ1v) is 7.44. The van der Waals surface area contributed by atoms with Gasteiger partial charge in [0.15, 0.2) is 0 Å². The van der Waals surface area contributed by atoms with Gasteiger partial charge in [-0.05, 0) is 37.9 Å². The Hall–Kier alpha value is -1.35. The molecule has 2 rings (SSSR count). The summed E-state index contributed by atoms with van der Waals surface area (Å²) in [7, 11) is 0. The maximum atomic E-state index is 4.65. The van der Waals surface area contributed by atoms with Crippen molar-refractivity contribution >= 4 is 5.69 Å². The third-order valence-electron chi connectivity index (χ3n) is 3.60. The Morgan fingerprint density at radius 1 is 1.32 bits per heavy atom. The zero-order valence-corrected chi connectivity index (χ0v) is 12.1. The Kier molecular flexibility index (Phi) is 5.40. The van der Waals surface area contributed by atoms with Gasteiger partial charge in [0.05, 0.1) is 17.6 Å². The summed E-state index contributed by atoms with van der Waals surface area (Å²) in [5.41, 5.74) is 2.39. The normalized spacial score (nSPS) is 16.6. The van der Waals surface area contributed by atoms with E-state index in [9.17, 15) is 0 Å². The topological polar surface area (TPSA) is 28.2 Å². The number of pyridine rings is 1. The van der Waals surface area contributed by atoms with E-state index in [0.29, 0.717) is 6.04 Å². The van der Waals surface area contributed by atoms with Gasteiger partial charge in [0.1, 0.15) is 0 Å². The minimum Gasteiger partial charge on any atom is -0.366 e. The van der Waals surface area contributed by atoms with Gasteiger partial charge in [-0.1, -0.05) is 26.0 Å². The predicted octanol–water partition coefficient (Wildman–Crippen LogP) is 3.30. The van der Waals surface area contributed by atoms with Crippen LogP contribution in [0.1, 0.15) is 44.8 Å². The minimum absolute atomic E-state index is 0.384. The standard InChI is InChI=1S/C16H25N3/c1-3-10-17-15(4-2)16-9-8-14(13-18-16)19-11-6-5-7-12-19/h5-6,8-9,13,15,17H,3-4,7,10-12H2,1-2H3. The summed E-state index contributed by atoms with van der Waals surface area (Å²) >= 11 is 0. The third-order valence-corrected chi connectivity index (χ3v) is 3.60. The molecular weight excluding hydrogens is 234 g/mol. The highest BCUT2D eigenvalue weighted by molar-refractivity contribution is 5.46. The number of nitrogens with one attached hydrogen (secondary N) is 1. The summed E-state index contributed by atoms with van der Waals surface area (Å²) in [5, 5.41) is 3.55. The van der Waals surface area contributed by atoms with Crippen molar-refractivity contribution in [2.45, 2.75) is 39.2 Å². The van der Waals surface area contributed by atoms with Crippen LogP contribution in [0.3, 0.4) is 0 Å². The predicted molar refractivity (Wildman–Crippen MR) is 81.5 cm³/mol. The molecular formula is C16H25N3. The molecule has 1 aliphatic rings. The third kappa shape index (κ3) is 3.80. The molecule has 0 aliphatic carbocycles. The van der Waals surface area contributed by atoms with Crippen molar-refractivity contribution in [2.24, 2.45) is 0 Å². The molecule has 0 radical (unpaired) electrons. The van der Waals surface area contributed by atoms with Crippen LogP contribution >= 0.6 is 0 Å². The van der Waals surface area contributed by atoms with Gasteiger partial charge in [0, 0.05) is 19.1 Å². The fraction of sp³-hybridized carbons (Fsp3) is 0.562. The molecule has 0 spiro atoms. The summed E-state index contributed by atoms with van der Waals surface area (Å²) in [6.07, 6.45) is 9.88. The molecule has 0 amide bonds. The van der Waals surface area contributed by atoms with E-state index in [2.05, 4.69) is 53.3 Å². The van der Waals surface area contributed by atoms with Gasteiger partial charge in [-0.15, -0.1) is 0 Å². The van der Waals surface area contributed by atoms with Crippen LogP contribution in [-0.4, -0.2) is 24.6 Å². The molecule has 3 nitrogen and oxygen atoms in total. The molecule has 0 saturated heterocycles. The van der Waals surface area contributed by atoms with Gasteiger partial charge in [0.25, 0.3) is 0 Å². The first-order chi connectivity index (χ1) is 9.35. The SMILES string of the molecule is CCCNC(CC)c1ccc(N2CC=CCC2)cn1. The zero-order valence-electron chi connectivity index (χ0n) is 12.1. The molecule has 2 heterocycles. The van der Waals surface area contributed by atoms with Gasteiger partial charge in [0.2, 0.25) is 0 Å². The first kappa shape index (κ1) is 14.1. The van der Waals surface area contributed by atoms with E-state index in [1.807, 2.05) is 6.20 Å². The van der Waals surface area contributed by atoms with E-state index in [-0.39, 0.29) is 0 Å². The number of rotatable bonds is 6. The molecule has 0 aromatic carbocycles. The van der Waals surface area contributed by atoms with Crippen molar-refractivity contribution in [1.29, 1.82) is 0 Å². The molecule has 1 aromatic rings. The van der Waals surface area contributed by atoms with Crippen LogP contribution in [0.2, 0.25) is 0 Å². The lowest BCUT2D eigenvalue weighted by Crippen LogP contribution is -2.27. The van der Waals surface area contributed by atoms with Gasteiger partial charge >= 0.3 is 0 Å². The highest BCUT2D eigenvalue weighted by Crippen LogP contribution is 2.20. The lowest BCUT2D eigenvalue weighted by molar-refractivity contribution is 0.507. The van der Waals surface area contributed by atoms with E-state index >= 15 is 0 Å². The van der Waals surface area contributed by atoms with Gasteiger partial charge in [-0.3, -0.25) is 4.98 Å². The van der Waals surface area contributed by atoms with E-state index < -0.39 is 0 Å². The summed E-state index contributed by atoms with van der Waals surface area (Å²) in [6, 6.07) is 4.76. The van der Waals surface area contributed by atoms with Crippen molar-refractivity contribution in [2.75, 3.05) is 24.5 Å². The minimum atomic E-state index is 0.384. The second-order valence-electron chi connectivity index (χ2n) is 5.06. The Balaban J connectivity index is 2.02. The summed E-state index contributed by atoms with van der Waals surface area (Å²) in [6.45, 7) is 7.56. The fourth-order valence-electron chi connectivity index (χ4n) is 2.44.